The van der Waals surface area contributed by atoms with Crippen LogP contribution in [0.4, 0.5) is 5.69 Å². The molecule has 0 aliphatic heterocycles. The normalized spacial score (nSPS) is 12.9. The fourth-order valence-electron chi connectivity index (χ4n) is 2.23. The largest absolute Gasteiger partial charge is 0.468 e. The lowest BCUT2D eigenvalue weighted by molar-refractivity contribution is -0.137. The van der Waals surface area contributed by atoms with Gasteiger partial charge in [-0.2, -0.15) is 0 Å². The number of esters is 1. The van der Waals surface area contributed by atoms with Gasteiger partial charge in [0.05, 0.1) is 12.9 Å². The standard InChI is InChI=1S/C19H22N2O3S/c1-19(20,15-8-4-3-5-9-15)18(23)21-16-10-6-7-14(11-16)12-25-13-17(22)24-2/h3-11H,12-13,20H2,1-2H3,(H,21,23). The van der Waals surface area contributed by atoms with Crippen LogP contribution in [0.2, 0.25) is 0 Å². The summed E-state index contributed by atoms with van der Waals surface area (Å²) >= 11 is 1.46. The molecule has 0 fully saturated rings. The Morgan fingerprint density at radius 2 is 1.88 bits per heavy atom. The van der Waals surface area contributed by atoms with E-state index in [9.17, 15) is 9.59 Å². The molecule has 5 nitrogen and oxygen atoms in total. The topological polar surface area (TPSA) is 81.4 Å². The van der Waals surface area contributed by atoms with Crippen LogP contribution in [0.3, 0.4) is 0 Å². The molecule has 2 aromatic rings. The molecule has 0 bridgehead atoms. The number of methoxy groups -OCH3 is 1. The molecule has 3 N–H and O–H groups in total. The molecule has 0 heterocycles. The molecule has 0 saturated heterocycles. The van der Waals surface area contributed by atoms with Gasteiger partial charge in [0.1, 0.15) is 5.54 Å². The fraction of sp³-hybridized carbons (Fsp3) is 0.263. The molecule has 1 atom stereocenters. The Morgan fingerprint density at radius 3 is 2.56 bits per heavy atom. The predicted octanol–water partition coefficient (Wildman–Crippen LogP) is 2.91. The Balaban J connectivity index is 2.01. The number of anilines is 1. The SMILES string of the molecule is COC(=O)CSCc1cccc(NC(=O)C(C)(N)c2ccccc2)c1. The van der Waals surface area contributed by atoms with E-state index in [-0.39, 0.29) is 11.9 Å². The highest BCUT2D eigenvalue weighted by Gasteiger charge is 2.30. The van der Waals surface area contributed by atoms with Crippen LogP contribution in [0.1, 0.15) is 18.1 Å². The molecule has 2 rings (SSSR count). The number of ether oxygens (including phenoxy) is 1. The zero-order valence-electron chi connectivity index (χ0n) is 14.3. The number of hydrogen-bond acceptors (Lipinski definition) is 5. The molecule has 6 heteroatoms. The fourth-order valence-corrected chi connectivity index (χ4v) is 3.03. The van der Waals surface area contributed by atoms with Crippen molar-refractivity contribution < 1.29 is 14.3 Å². The van der Waals surface area contributed by atoms with Crippen LogP contribution in [-0.4, -0.2) is 24.7 Å². The van der Waals surface area contributed by atoms with Gasteiger partial charge in [-0.3, -0.25) is 9.59 Å². The first-order chi connectivity index (χ1) is 11.9. The summed E-state index contributed by atoms with van der Waals surface area (Å²) < 4.78 is 4.61. The second-order valence-corrected chi connectivity index (χ2v) is 6.78. The lowest BCUT2D eigenvalue weighted by atomic mass is 9.92. The van der Waals surface area contributed by atoms with Crippen LogP contribution >= 0.6 is 11.8 Å². The van der Waals surface area contributed by atoms with Gasteiger partial charge in [0.2, 0.25) is 5.91 Å². The number of rotatable bonds is 7. The summed E-state index contributed by atoms with van der Waals surface area (Å²) in [6, 6.07) is 16.8. The van der Waals surface area contributed by atoms with Crippen molar-refractivity contribution in [2.45, 2.75) is 18.2 Å². The van der Waals surface area contributed by atoms with Gasteiger partial charge in [0.25, 0.3) is 0 Å². The molecule has 0 aromatic heterocycles. The van der Waals surface area contributed by atoms with Gasteiger partial charge >= 0.3 is 5.97 Å². The maximum absolute atomic E-state index is 12.6. The first-order valence-electron chi connectivity index (χ1n) is 7.83. The summed E-state index contributed by atoms with van der Waals surface area (Å²) in [7, 11) is 1.37. The van der Waals surface area contributed by atoms with E-state index in [1.807, 2.05) is 54.6 Å². The van der Waals surface area contributed by atoms with Crippen molar-refractivity contribution in [1.29, 1.82) is 0 Å². The third kappa shape index (κ3) is 5.34. The summed E-state index contributed by atoms with van der Waals surface area (Å²) in [5.41, 5.74) is 7.53. The van der Waals surface area contributed by atoms with Crippen molar-refractivity contribution >= 4 is 29.3 Å². The van der Waals surface area contributed by atoms with Crippen LogP contribution < -0.4 is 11.1 Å². The van der Waals surface area contributed by atoms with Crippen LogP contribution in [0.25, 0.3) is 0 Å². The molecule has 1 amide bonds. The quantitative estimate of drug-likeness (QED) is 0.744. The number of thioether (sulfide) groups is 1. The van der Waals surface area contributed by atoms with Crippen molar-refractivity contribution in [3.63, 3.8) is 0 Å². The molecule has 0 aliphatic rings. The minimum atomic E-state index is -1.13. The molecular formula is C19H22N2O3S. The second kappa shape index (κ2) is 8.69. The Bertz CT molecular complexity index is 732. The van der Waals surface area contributed by atoms with Gasteiger partial charge in [-0.25, -0.2) is 0 Å². The Kier molecular flexibility index (Phi) is 6.61. The molecular weight excluding hydrogens is 336 g/mol. The van der Waals surface area contributed by atoms with E-state index in [1.54, 1.807) is 6.92 Å². The highest BCUT2D eigenvalue weighted by molar-refractivity contribution is 7.99. The average Bonchev–Trinajstić information content (AvgIpc) is 2.62. The van der Waals surface area contributed by atoms with E-state index in [1.165, 1.54) is 18.9 Å². The highest BCUT2D eigenvalue weighted by atomic mass is 32.2. The van der Waals surface area contributed by atoms with E-state index in [4.69, 9.17) is 5.73 Å². The van der Waals surface area contributed by atoms with E-state index < -0.39 is 5.54 Å². The van der Waals surface area contributed by atoms with Crippen LogP contribution in [0.15, 0.2) is 54.6 Å². The van der Waals surface area contributed by atoms with Gasteiger partial charge in [-0.05, 0) is 30.2 Å². The maximum atomic E-state index is 12.6. The summed E-state index contributed by atoms with van der Waals surface area (Å²) in [5, 5.41) is 2.87. The summed E-state index contributed by atoms with van der Waals surface area (Å²) in [6.07, 6.45) is 0. The molecule has 0 spiro atoms. The highest BCUT2D eigenvalue weighted by Crippen LogP contribution is 2.21. The van der Waals surface area contributed by atoms with Crippen LogP contribution in [0.5, 0.6) is 0 Å². The van der Waals surface area contributed by atoms with Crippen molar-refractivity contribution in [2.75, 3.05) is 18.2 Å². The molecule has 2 aromatic carbocycles. The van der Waals surface area contributed by atoms with Gasteiger partial charge in [-0.15, -0.1) is 11.8 Å². The minimum Gasteiger partial charge on any atom is -0.468 e. The number of nitrogens with one attached hydrogen (secondary N) is 1. The van der Waals surface area contributed by atoms with Crippen molar-refractivity contribution in [2.24, 2.45) is 5.73 Å². The number of carbonyl (C=O) groups is 2. The van der Waals surface area contributed by atoms with Crippen LogP contribution in [-0.2, 0) is 25.6 Å². The van der Waals surface area contributed by atoms with E-state index in [2.05, 4.69) is 10.1 Å². The molecule has 0 aliphatic carbocycles. The van der Waals surface area contributed by atoms with Gasteiger partial charge in [-0.1, -0.05) is 42.5 Å². The van der Waals surface area contributed by atoms with Crippen molar-refractivity contribution in [3.05, 3.63) is 65.7 Å². The first-order valence-corrected chi connectivity index (χ1v) is 8.98. The minimum absolute atomic E-state index is 0.254. The van der Waals surface area contributed by atoms with Crippen molar-refractivity contribution in [1.82, 2.24) is 0 Å². The Hall–Kier alpha value is -2.31. The predicted molar refractivity (Wildman–Crippen MR) is 101 cm³/mol. The van der Waals surface area contributed by atoms with E-state index >= 15 is 0 Å². The summed E-state index contributed by atoms with van der Waals surface area (Å²) in [4.78, 5) is 23.7. The van der Waals surface area contributed by atoms with E-state index in [0.717, 1.165) is 11.1 Å². The Labute approximate surface area is 151 Å². The van der Waals surface area contributed by atoms with Gasteiger partial charge < -0.3 is 15.8 Å². The first kappa shape index (κ1) is 19.0. The smallest absolute Gasteiger partial charge is 0.315 e. The number of nitrogens with two attached hydrogens (primary N) is 1. The summed E-state index contributed by atoms with van der Waals surface area (Å²) in [5.74, 6) is 0.411. The van der Waals surface area contributed by atoms with Crippen molar-refractivity contribution in [3.8, 4) is 0 Å². The number of carbonyl (C=O) groups excluding carboxylic acids is 2. The van der Waals surface area contributed by atoms with Gasteiger partial charge in [0, 0.05) is 11.4 Å². The molecule has 132 valence electrons. The molecule has 1 unspecified atom stereocenters. The number of benzene rings is 2. The molecule has 0 radical (unpaired) electrons. The van der Waals surface area contributed by atoms with E-state index in [0.29, 0.717) is 17.2 Å². The lowest BCUT2D eigenvalue weighted by Crippen LogP contribution is -2.45. The monoisotopic (exact) mass is 358 g/mol. The third-order valence-corrected chi connectivity index (χ3v) is 4.72. The maximum Gasteiger partial charge on any atom is 0.315 e. The third-order valence-electron chi connectivity index (χ3n) is 3.75. The lowest BCUT2D eigenvalue weighted by Gasteiger charge is -2.24. The number of amides is 1. The second-order valence-electron chi connectivity index (χ2n) is 5.79. The van der Waals surface area contributed by atoms with Gasteiger partial charge in [0.15, 0.2) is 0 Å². The summed E-state index contributed by atoms with van der Waals surface area (Å²) in [6.45, 7) is 1.69. The number of hydrogen-bond donors (Lipinski definition) is 2. The zero-order valence-corrected chi connectivity index (χ0v) is 15.1. The molecule has 0 saturated carbocycles. The average molecular weight is 358 g/mol. The Morgan fingerprint density at radius 1 is 1.16 bits per heavy atom. The zero-order chi connectivity index (χ0) is 18.3. The van der Waals surface area contributed by atoms with Crippen LogP contribution in [0, 0.1) is 0 Å². The molecule has 25 heavy (non-hydrogen) atoms.